The van der Waals surface area contributed by atoms with E-state index < -0.39 is 6.10 Å². The summed E-state index contributed by atoms with van der Waals surface area (Å²) >= 11 is 1.74. The molecular weight excluding hydrogens is 346 g/mol. The van der Waals surface area contributed by atoms with Gasteiger partial charge < -0.3 is 15.2 Å². The highest BCUT2D eigenvalue weighted by Crippen LogP contribution is 2.32. The highest BCUT2D eigenvalue weighted by molar-refractivity contribution is 7.12. The smallest absolute Gasteiger partial charge is 0.168 e. The molecule has 0 bridgehead atoms. The van der Waals surface area contributed by atoms with Crippen molar-refractivity contribution in [3.63, 3.8) is 0 Å². The summed E-state index contributed by atoms with van der Waals surface area (Å²) in [6, 6.07) is 11.7. The van der Waals surface area contributed by atoms with E-state index >= 15 is 0 Å². The molecule has 2 aliphatic carbocycles. The second-order valence-corrected chi connectivity index (χ2v) is 8.69. The van der Waals surface area contributed by atoms with E-state index in [1.54, 1.807) is 11.3 Å². The summed E-state index contributed by atoms with van der Waals surface area (Å²) in [5.41, 5.74) is 0.919. The van der Waals surface area contributed by atoms with Crippen LogP contribution in [0.3, 0.4) is 0 Å². The average molecular weight is 372 g/mol. The summed E-state index contributed by atoms with van der Waals surface area (Å²) in [5.74, 6) is 1.06. The van der Waals surface area contributed by atoms with Crippen molar-refractivity contribution in [2.45, 2.75) is 50.9 Å². The third-order valence-electron chi connectivity index (χ3n) is 5.50. The van der Waals surface area contributed by atoms with Crippen LogP contribution in [0.2, 0.25) is 0 Å². The molecule has 0 radical (unpaired) electrons. The molecule has 4 rings (SSSR count). The Morgan fingerprint density at radius 3 is 2.85 bits per heavy atom. The van der Waals surface area contributed by atoms with Gasteiger partial charge in [0.05, 0.1) is 0 Å². The first kappa shape index (κ1) is 17.7. The lowest BCUT2D eigenvalue weighted by molar-refractivity contribution is 0.0442. The number of carbonyl (C=O) groups is 1. The van der Waals surface area contributed by atoms with Gasteiger partial charge in [-0.3, -0.25) is 4.79 Å². The summed E-state index contributed by atoms with van der Waals surface area (Å²) in [6.07, 6.45) is 2.82. The predicted molar refractivity (Wildman–Crippen MR) is 103 cm³/mol. The lowest BCUT2D eigenvalue weighted by Gasteiger charge is -2.25. The van der Waals surface area contributed by atoms with E-state index in [4.69, 9.17) is 4.74 Å². The van der Waals surface area contributed by atoms with Crippen LogP contribution in [0.1, 0.15) is 39.4 Å². The van der Waals surface area contributed by atoms with Crippen LogP contribution in [0, 0.1) is 12.8 Å². The lowest BCUT2D eigenvalue weighted by Crippen LogP contribution is -2.44. The maximum atomic E-state index is 12.7. The van der Waals surface area contributed by atoms with E-state index in [1.807, 2.05) is 36.4 Å². The number of fused-ring (bicyclic) bond motifs is 1. The van der Waals surface area contributed by atoms with Gasteiger partial charge in [0.1, 0.15) is 18.0 Å². The third-order valence-corrected chi connectivity index (χ3v) is 6.61. The molecule has 2 aromatic rings. The topological polar surface area (TPSA) is 58.6 Å². The first-order chi connectivity index (χ1) is 12.6. The molecule has 1 saturated carbocycles. The Kier molecular flexibility index (Phi) is 5.11. The molecule has 2 unspecified atom stereocenters. The van der Waals surface area contributed by atoms with Crippen molar-refractivity contribution in [1.29, 1.82) is 0 Å². The van der Waals surface area contributed by atoms with Gasteiger partial charge in [-0.1, -0.05) is 18.2 Å². The summed E-state index contributed by atoms with van der Waals surface area (Å²) in [6.45, 7) is 2.69. The van der Waals surface area contributed by atoms with E-state index in [9.17, 15) is 9.90 Å². The molecule has 0 amide bonds. The Morgan fingerprint density at radius 2 is 2.04 bits per heavy atom. The molecule has 5 heteroatoms. The number of Topliss-reactive ketones (excluding diaryl/α,β-unsaturated/α-hetero) is 1. The summed E-state index contributed by atoms with van der Waals surface area (Å²) in [7, 11) is 0. The molecule has 138 valence electrons. The number of thiophene rings is 1. The monoisotopic (exact) mass is 371 g/mol. The fourth-order valence-electron chi connectivity index (χ4n) is 4.07. The van der Waals surface area contributed by atoms with Crippen molar-refractivity contribution in [2.75, 3.05) is 6.54 Å². The van der Waals surface area contributed by atoms with E-state index in [-0.39, 0.29) is 23.8 Å². The van der Waals surface area contributed by atoms with Crippen LogP contribution < -0.4 is 10.1 Å². The van der Waals surface area contributed by atoms with Gasteiger partial charge >= 0.3 is 0 Å². The van der Waals surface area contributed by atoms with Gasteiger partial charge in [-0.2, -0.15) is 0 Å². The average Bonchev–Trinajstić information content (AvgIpc) is 3.19. The van der Waals surface area contributed by atoms with Crippen LogP contribution in [0.5, 0.6) is 5.75 Å². The fourth-order valence-corrected chi connectivity index (χ4v) is 5.13. The number of benzene rings is 1. The molecular formula is C21H25NO3S. The number of nitrogens with one attached hydrogen (secondary N) is 1. The highest BCUT2D eigenvalue weighted by Gasteiger charge is 2.37. The summed E-state index contributed by atoms with van der Waals surface area (Å²) in [5, 5.41) is 14.0. The van der Waals surface area contributed by atoms with Crippen molar-refractivity contribution >= 4 is 17.1 Å². The second kappa shape index (κ2) is 7.51. The minimum absolute atomic E-state index is 0.0118. The van der Waals surface area contributed by atoms with Gasteiger partial charge in [-0.25, -0.2) is 0 Å². The Morgan fingerprint density at radius 1 is 1.23 bits per heavy atom. The molecule has 4 nitrogen and oxygen atoms in total. The molecule has 26 heavy (non-hydrogen) atoms. The molecule has 4 atom stereocenters. The second-order valence-electron chi connectivity index (χ2n) is 7.35. The van der Waals surface area contributed by atoms with Crippen molar-refractivity contribution in [1.82, 2.24) is 5.32 Å². The molecule has 1 aromatic carbocycles. The van der Waals surface area contributed by atoms with E-state index in [2.05, 4.69) is 12.2 Å². The summed E-state index contributed by atoms with van der Waals surface area (Å²) < 4.78 is 5.92. The van der Waals surface area contributed by atoms with Crippen LogP contribution in [-0.4, -0.2) is 35.7 Å². The SMILES string of the molecule is Cc1cc2c(s1)CCC(CN[C@@H]1CCC(Oc3ccccc3)[C@@H]1O)C2=O. The molecule has 1 aromatic heterocycles. The first-order valence-electron chi connectivity index (χ1n) is 9.38. The number of aryl methyl sites for hydroxylation is 2. The number of ether oxygens (including phenoxy) is 1. The van der Waals surface area contributed by atoms with Gasteiger partial charge in [-0.15, -0.1) is 11.3 Å². The van der Waals surface area contributed by atoms with Gasteiger partial charge in [0.25, 0.3) is 0 Å². The maximum absolute atomic E-state index is 12.7. The van der Waals surface area contributed by atoms with Crippen LogP contribution in [0.4, 0.5) is 0 Å². The Labute approximate surface area is 158 Å². The van der Waals surface area contributed by atoms with Crippen LogP contribution in [-0.2, 0) is 6.42 Å². The number of para-hydroxylation sites is 1. The van der Waals surface area contributed by atoms with Gasteiger partial charge in [0, 0.05) is 33.8 Å². The van der Waals surface area contributed by atoms with Gasteiger partial charge in [0.2, 0.25) is 0 Å². The Hall–Kier alpha value is -1.69. The lowest BCUT2D eigenvalue weighted by atomic mass is 9.87. The number of carbonyl (C=O) groups excluding carboxylic acids is 1. The van der Waals surface area contributed by atoms with Crippen LogP contribution >= 0.6 is 11.3 Å². The van der Waals surface area contributed by atoms with Crippen molar-refractivity contribution in [3.05, 3.63) is 51.7 Å². The standard InChI is InChI=1S/C21H25NO3S/c1-13-11-16-19(26-13)10-7-14(20(16)23)12-22-17-8-9-18(21(17)24)25-15-5-3-2-4-6-15/h2-6,11,14,17-18,21-22,24H,7-10,12H2,1H3/t14?,17-,18?,21-/m1/s1. The minimum atomic E-state index is -0.548. The number of hydrogen-bond acceptors (Lipinski definition) is 5. The molecule has 0 aliphatic heterocycles. The van der Waals surface area contributed by atoms with E-state index in [1.165, 1.54) is 9.75 Å². The van der Waals surface area contributed by atoms with Crippen molar-refractivity contribution in [3.8, 4) is 5.75 Å². The number of hydrogen-bond donors (Lipinski definition) is 2. The Bertz CT molecular complexity index is 773. The normalized spacial score (nSPS) is 28.2. The minimum Gasteiger partial charge on any atom is -0.488 e. The number of ketones is 1. The molecule has 1 heterocycles. The van der Waals surface area contributed by atoms with Crippen LogP contribution in [0.15, 0.2) is 36.4 Å². The van der Waals surface area contributed by atoms with E-state index in [0.717, 1.165) is 37.0 Å². The molecule has 0 spiro atoms. The Balaban J connectivity index is 1.32. The zero-order valence-electron chi connectivity index (χ0n) is 15.0. The molecule has 2 N–H and O–H groups in total. The maximum Gasteiger partial charge on any atom is 0.168 e. The van der Waals surface area contributed by atoms with Gasteiger partial charge in [0.15, 0.2) is 5.78 Å². The van der Waals surface area contributed by atoms with Crippen LogP contribution in [0.25, 0.3) is 0 Å². The first-order valence-corrected chi connectivity index (χ1v) is 10.2. The third kappa shape index (κ3) is 3.56. The zero-order chi connectivity index (χ0) is 18.1. The largest absolute Gasteiger partial charge is 0.488 e. The predicted octanol–water partition coefficient (Wildman–Crippen LogP) is 3.36. The zero-order valence-corrected chi connectivity index (χ0v) is 15.8. The molecule has 0 saturated heterocycles. The number of rotatable bonds is 5. The van der Waals surface area contributed by atoms with Gasteiger partial charge in [-0.05, 0) is 50.8 Å². The van der Waals surface area contributed by atoms with Crippen molar-refractivity contribution < 1.29 is 14.6 Å². The fraction of sp³-hybridized carbons (Fsp3) is 0.476. The molecule has 1 fully saturated rings. The number of aliphatic hydroxyl groups is 1. The quantitative estimate of drug-likeness (QED) is 0.846. The number of aliphatic hydroxyl groups excluding tert-OH is 1. The summed E-state index contributed by atoms with van der Waals surface area (Å²) in [4.78, 5) is 15.2. The highest BCUT2D eigenvalue weighted by atomic mass is 32.1. The van der Waals surface area contributed by atoms with E-state index in [0.29, 0.717) is 6.54 Å². The van der Waals surface area contributed by atoms with Crippen molar-refractivity contribution in [2.24, 2.45) is 5.92 Å². The molecule has 2 aliphatic rings.